The zero-order chi connectivity index (χ0) is 14.3. The number of nitrogens with two attached hydrogens (primary N) is 1. The van der Waals surface area contributed by atoms with Gasteiger partial charge in [-0.25, -0.2) is 5.84 Å². The molecule has 5 heteroatoms. The molecule has 0 radical (unpaired) electrons. The molecule has 0 fully saturated rings. The van der Waals surface area contributed by atoms with Crippen LogP contribution in [-0.4, -0.2) is 24.4 Å². The monoisotopic (exact) mass is 327 g/mol. The Balaban J connectivity index is 2.61. The zero-order valence-corrected chi connectivity index (χ0v) is 13.2. The molecule has 0 heterocycles. The number of unbranched alkanes of at least 4 members (excludes halogenated alkanes) is 2. The second-order valence-corrected chi connectivity index (χ2v) is 5.58. The van der Waals surface area contributed by atoms with E-state index in [1.807, 2.05) is 6.07 Å². The number of amides is 1. The molecule has 0 bridgehead atoms. The largest absolute Gasteiger partial charge is 0.302 e. The van der Waals surface area contributed by atoms with Crippen molar-refractivity contribution in [2.24, 2.45) is 5.84 Å². The van der Waals surface area contributed by atoms with E-state index in [9.17, 15) is 4.79 Å². The molecule has 1 aromatic carbocycles. The zero-order valence-electron chi connectivity index (χ0n) is 11.6. The second-order valence-electron chi connectivity index (χ2n) is 4.72. The Bertz CT molecular complexity index is 423. The molecule has 0 saturated heterocycles. The predicted octanol–water partition coefficient (Wildman–Crippen LogP) is 2.67. The topological polar surface area (TPSA) is 58.4 Å². The number of hydrazine groups is 1. The third-order valence-corrected chi connectivity index (χ3v) is 3.77. The van der Waals surface area contributed by atoms with Gasteiger partial charge in [0.05, 0.1) is 0 Å². The van der Waals surface area contributed by atoms with Crippen molar-refractivity contribution in [3.8, 4) is 0 Å². The van der Waals surface area contributed by atoms with Crippen LogP contribution in [0, 0.1) is 0 Å². The Labute approximate surface area is 123 Å². The van der Waals surface area contributed by atoms with E-state index in [4.69, 9.17) is 5.84 Å². The summed E-state index contributed by atoms with van der Waals surface area (Å²) in [5.74, 6) is 4.84. The normalized spacial score (nSPS) is 10.8. The number of nitrogens with one attached hydrogen (secondary N) is 1. The van der Waals surface area contributed by atoms with Gasteiger partial charge < -0.3 is 4.90 Å². The fraction of sp³-hybridized carbons (Fsp3) is 0.500. The van der Waals surface area contributed by atoms with Gasteiger partial charge in [-0.05, 0) is 37.7 Å². The first-order valence-corrected chi connectivity index (χ1v) is 7.35. The van der Waals surface area contributed by atoms with Gasteiger partial charge in [-0.15, -0.1) is 0 Å². The van der Waals surface area contributed by atoms with Gasteiger partial charge in [0.1, 0.15) is 0 Å². The molecule has 0 saturated carbocycles. The maximum Gasteiger partial charge on any atom is 0.265 e. The van der Waals surface area contributed by atoms with E-state index in [1.54, 1.807) is 12.1 Å². The lowest BCUT2D eigenvalue weighted by atomic mass is 10.1. The molecule has 0 spiro atoms. The summed E-state index contributed by atoms with van der Waals surface area (Å²) in [6.45, 7) is 4.16. The lowest BCUT2D eigenvalue weighted by Crippen LogP contribution is -2.30. The summed E-state index contributed by atoms with van der Waals surface area (Å²) in [5, 5.41) is 0. The van der Waals surface area contributed by atoms with E-state index >= 15 is 0 Å². The molecule has 1 amide bonds. The standard InChI is InChI=1S/C14H22BrN3O/c1-3-4-5-8-18(2)10-12-7-6-11(9-13(12)15)14(19)17-16/h6-7,9H,3-5,8,10,16H2,1-2H3,(H,17,19). The average molecular weight is 328 g/mol. The Hall–Kier alpha value is -0.910. The quantitative estimate of drug-likeness (QED) is 0.350. The smallest absolute Gasteiger partial charge is 0.265 e. The number of hydrogen-bond acceptors (Lipinski definition) is 3. The number of nitrogen functional groups attached to an aromatic ring is 1. The van der Waals surface area contributed by atoms with Crippen LogP contribution < -0.4 is 11.3 Å². The van der Waals surface area contributed by atoms with Crippen molar-refractivity contribution < 1.29 is 4.79 Å². The molecule has 19 heavy (non-hydrogen) atoms. The van der Waals surface area contributed by atoms with E-state index in [0.717, 1.165) is 17.6 Å². The molecule has 4 nitrogen and oxygen atoms in total. The molecule has 0 aliphatic rings. The van der Waals surface area contributed by atoms with Gasteiger partial charge >= 0.3 is 0 Å². The van der Waals surface area contributed by atoms with Crippen LogP contribution in [0.2, 0.25) is 0 Å². The molecule has 0 aromatic heterocycles. The molecule has 1 aromatic rings. The average Bonchev–Trinajstić information content (AvgIpc) is 2.40. The minimum atomic E-state index is -0.274. The summed E-state index contributed by atoms with van der Waals surface area (Å²) in [5.41, 5.74) is 3.87. The molecular weight excluding hydrogens is 306 g/mol. The maximum absolute atomic E-state index is 11.4. The van der Waals surface area contributed by atoms with Gasteiger partial charge in [0, 0.05) is 16.6 Å². The highest BCUT2D eigenvalue weighted by Gasteiger charge is 2.08. The summed E-state index contributed by atoms with van der Waals surface area (Å²) < 4.78 is 0.941. The number of hydrogen-bond donors (Lipinski definition) is 2. The van der Waals surface area contributed by atoms with Crippen molar-refractivity contribution in [2.75, 3.05) is 13.6 Å². The first-order chi connectivity index (χ1) is 9.08. The Kier molecular flexibility index (Phi) is 7.05. The Morgan fingerprint density at radius 3 is 2.74 bits per heavy atom. The van der Waals surface area contributed by atoms with E-state index in [1.165, 1.54) is 24.8 Å². The number of benzene rings is 1. The van der Waals surface area contributed by atoms with Crippen LogP contribution in [0.15, 0.2) is 22.7 Å². The Morgan fingerprint density at radius 1 is 1.42 bits per heavy atom. The lowest BCUT2D eigenvalue weighted by Gasteiger charge is -2.17. The number of nitrogens with zero attached hydrogens (tertiary/aromatic N) is 1. The van der Waals surface area contributed by atoms with Crippen LogP contribution in [0.4, 0.5) is 0 Å². The minimum absolute atomic E-state index is 0.274. The predicted molar refractivity (Wildman–Crippen MR) is 81.7 cm³/mol. The van der Waals surface area contributed by atoms with Gasteiger partial charge in [0.25, 0.3) is 5.91 Å². The molecular formula is C14H22BrN3O. The highest BCUT2D eigenvalue weighted by atomic mass is 79.9. The molecule has 0 unspecified atom stereocenters. The fourth-order valence-electron chi connectivity index (χ4n) is 1.90. The van der Waals surface area contributed by atoms with Crippen LogP contribution in [0.5, 0.6) is 0 Å². The van der Waals surface area contributed by atoms with Gasteiger partial charge in [0.15, 0.2) is 0 Å². The summed E-state index contributed by atoms with van der Waals surface area (Å²) in [4.78, 5) is 13.7. The van der Waals surface area contributed by atoms with Crippen LogP contribution in [0.3, 0.4) is 0 Å². The van der Waals surface area contributed by atoms with E-state index in [0.29, 0.717) is 5.56 Å². The first kappa shape index (κ1) is 16.1. The van der Waals surface area contributed by atoms with Gasteiger partial charge in [-0.1, -0.05) is 41.8 Å². The van der Waals surface area contributed by atoms with E-state index in [2.05, 4.69) is 40.2 Å². The highest BCUT2D eigenvalue weighted by Crippen LogP contribution is 2.20. The minimum Gasteiger partial charge on any atom is -0.302 e. The van der Waals surface area contributed by atoms with Crippen LogP contribution in [0.1, 0.15) is 42.1 Å². The third-order valence-electron chi connectivity index (χ3n) is 3.03. The lowest BCUT2D eigenvalue weighted by molar-refractivity contribution is 0.0953. The molecule has 0 atom stereocenters. The highest BCUT2D eigenvalue weighted by molar-refractivity contribution is 9.10. The number of halogens is 1. The molecule has 1 rings (SSSR count). The van der Waals surface area contributed by atoms with E-state index < -0.39 is 0 Å². The summed E-state index contributed by atoms with van der Waals surface area (Å²) in [6, 6.07) is 5.56. The number of rotatable bonds is 7. The SMILES string of the molecule is CCCCCN(C)Cc1ccc(C(=O)NN)cc1Br. The van der Waals surface area contributed by atoms with Crippen LogP contribution in [0.25, 0.3) is 0 Å². The van der Waals surface area contributed by atoms with Crippen molar-refractivity contribution in [1.82, 2.24) is 10.3 Å². The third kappa shape index (κ3) is 5.30. The first-order valence-electron chi connectivity index (χ1n) is 6.56. The van der Waals surface area contributed by atoms with Crippen LogP contribution in [-0.2, 0) is 6.54 Å². The van der Waals surface area contributed by atoms with E-state index in [-0.39, 0.29) is 5.91 Å². The molecule has 106 valence electrons. The number of carbonyl (C=O) groups excluding carboxylic acids is 1. The number of carbonyl (C=O) groups is 1. The van der Waals surface area contributed by atoms with Crippen molar-refractivity contribution in [2.45, 2.75) is 32.7 Å². The summed E-state index contributed by atoms with van der Waals surface area (Å²) >= 11 is 3.51. The molecule has 0 aliphatic carbocycles. The van der Waals surface area contributed by atoms with Crippen molar-refractivity contribution in [1.29, 1.82) is 0 Å². The summed E-state index contributed by atoms with van der Waals surface area (Å²) in [7, 11) is 2.11. The molecule has 0 aliphatic heterocycles. The molecule has 3 N–H and O–H groups in total. The van der Waals surface area contributed by atoms with Crippen molar-refractivity contribution in [3.63, 3.8) is 0 Å². The van der Waals surface area contributed by atoms with Gasteiger partial charge in [0.2, 0.25) is 0 Å². The van der Waals surface area contributed by atoms with Gasteiger partial charge in [-0.2, -0.15) is 0 Å². The second kappa shape index (κ2) is 8.30. The van der Waals surface area contributed by atoms with Crippen molar-refractivity contribution in [3.05, 3.63) is 33.8 Å². The summed E-state index contributed by atoms with van der Waals surface area (Å²) in [6.07, 6.45) is 3.72. The maximum atomic E-state index is 11.4. The Morgan fingerprint density at radius 2 is 2.16 bits per heavy atom. The van der Waals surface area contributed by atoms with Crippen molar-refractivity contribution >= 4 is 21.8 Å². The fourth-order valence-corrected chi connectivity index (χ4v) is 2.41. The van der Waals surface area contributed by atoms with Gasteiger partial charge in [-0.3, -0.25) is 10.2 Å². The van der Waals surface area contributed by atoms with Crippen LogP contribution >= 0.6 is 15.9 Å².